The molecular weight excluding hydrogens is 522 g/mol. The van der Waals surface area contributed by atoms with E-state index in [9.17, 15) is 9.59 Å². The lowest BCUT2D eigenvalue weighted by atomic mass is 9.87. The van der Waals surface area contributed by atoms with E-state index in [1.165, 1.54) is 0 Å². The van der Waals surface area contributed by atoms with Gasteiger partial charge in [-0.15, -0.1) is 11.8 Å². The van der Waals surface area contributed by atoms with Crippen LogP contribution in [0.5, 0.6) is 5.75 Å². The molecule has 2 aromatic carbocycles. The summed E-state index contributed by atoms with van der Waals surface area (Å²) in [6.07, 6.45) is 0. The summed E-state index contributed by atoms with van der Waals surface area (Å²) in [5, 5.41) is 7.98. The minimum Gasteiger partial charge on any atom is -0.496 e. The number of thioether (sulfide) groups is 1. The first-order valence-corrected chi connectivity index (χ1v) is 14.6. The van der Waals surface area contributed by atoms with E-state index in [0.717, 1.165) is 39.4 Å². The van der Waals surface area contributed by atoms with Crippen LogP contribution in [0, 0.1) is 13.8 Å². The van der Waals surface area contributed by atoms with Gasteiger partial charge < -0.3 is 15.0 Å². The number of hydrogen-bond acceptors (Lipinski definition) is 6. The first-order valence-electron chi connectivity index (χ1n) is 13.6. The van der Waals surface area contributed by atoms with E-state index in [-0.39, 0.29) is 34.8 Å². The standard InChI is InChI=1S/C31H41N5O3S/c1-20-12-11-14-23(21(20)2)36-30-27(29(33-36)31(3,4)5)28(22-13-9-10-15-24(22)39-8)40-19-26(38)35(30)18-25(37)32-16-17-34(6)7/h9-15,28H,16-19H2,1-8H3,(H,32,37). The fraction of sp³-hybridized carbons (Fsp3) is 0.452. The minimum atomic E-state index is -0.332. The highest BCUT2D eigenvalue weighted by Crippen LogP contribution is 2.50. The van der Waals surface area contributed by atoms with Gasteiger partial charge in [-0.3, -0.25) is 14.5 Å². The van der Waals surface area contributed by atoms with E-state index in [1.54, 1.807) is 23.8 Å². The molecule has 0 radical (unpaired) electrons. The van der Waals surface area contributed by atoms with Crippen LogP contribution < -0.4 is 15.0 Å². The number of hydrogen-bond donors (Lipinski definition) is 1. The van der Waals surface area contributed by atoms with Crippen molar-refractivity contribution >= 4 is 29.4 Å². The third-order valence-electron chi connectivity index (χ3n) is 7.21. The van der Waals surface area contributed by atoms with Gasteiger partial charge in [-0.05, 0) is 51.2 Å². The molecule has 0 fully saturated rings. The molecule has 2 amide bonds. The molecule has 4 rings (SSSR count). The Bertz CT molecular complexity index is 1390. The van der Waals surface area contributed by atoms with Gasteiger partial charge in [-0.25, -0.2) is 4.68 Å². The Hall–Kier alpha value is -3.30. The Morgan fingerprint density at radius 2 is 1.88 bits per heavy atom. The summed E-state index contributed by atoms with van der Waals surface area (Å²) in [6.45, 7) is 11.7. The molecular formula is C31H41N5O3S. The van der Waals surface area contributed by atoms with Crippen LogP contribution in [0.2, 0.25) is 0 Å². The molecule has 1 aliphatic rings. The molecule has 0 saturated heterocycles. The topological polar surface area (TPSA) is 79.7 Å². The van der Waals surface area contributed by atoms with Crippen molar-refractivity contribution in [1.29, 1.82) is 0 Å². The van der Waals surface area contributed by atoms with Gasteiger partial charge in [0.25, 0.3) is 0 Å². The van der Waals surface area contributed by atoms with Gasteiger partial charge in [0, 0.05) is 29.6 Å². The Balaban J connectivity index is 1.98. The molecule has 40 heavy (non-hydrogen) atoms. The third kappa shape index (κ3) is 6.05. The second kappa shape index (κ2) is 12.1. The van der Waals surface area contributed by atoms with Crippen molar-refractivity contribution in [3.05, 3.63) is 70.4 Å². The molecule has 1 unspecified atom stereocenters. The summed E-state index contributed by atoms with van der Waals surface area (Å²) >= 11 is 1.55. The average Bonchev–Trinajstić information content (AvgIpc) is 3.23. The molecule has 1 N–H and O–H groups in total. The smallest absolute Gasteiger partial charge is 0.240 e. The van der Waals surface area contributed by atoms with E-state index in [1.807, 2.05) is 54.0 Å². The molecule has 0 aliphatic carbocycles. The van der Waals surface area contributed by atoms with Crippen molar-refractivity contribution in [3.63, 3.8) is 0 Å². The van der Waals surface area contributed by atoms with E-state index >= 15 is 0 Å². The normalized spacial score (nSPS) is 15.7. The second-order valence-corrected chi connectivity index (χ2v) is 12.6. The van der Waals surface area contributed by atoms with Gasteiger partial charge in [-0.1, -0.05) is 51.1 Å². The summed E-state index contributed by atoms with van der Waals surface area (Å²) < 4.78 is 7.67. The summed E-state index contributed by atoms with van der Waals surface area (Å²) in [5.41, 5.74) is 5.57. The summed E-state index contributed by atoms with van der Waals surface area (Å²) in [7, 11) is 5.59. The van der Waals surface area contributed by atoms with E-state index in [4.69, 9.17) is 9.84 Å². The summed E-state index contributed by atoms with van der Waals surface area (Å²) in [4.78, 5) is 30.7. The van der Waals surface area contributed by atoms with Gasteiger partial charge in [0.15, 0.2) is 0 Å². The van der Waals surface area contributed by atoms with Crippen molar-refractivity contribution in [2.45, 2.75) is 45.3 Å². The Labute approximate surface area is 242 Å². The van der Waals surface area contributed by atoms with Crippen LogP contribution >= 0.6 is 11.8 Å². The molecule has 3 aromatic rings. The number of benzene rings is 2. The molecule has 1 aliphatic heterocycles. The fourth-order valence-electron chi connectivity index (χ4n) is 4.95. The van der Waals surface area contributed by atoms with Gasteiger partial charge in [-0.2, -0.15) is 5.10 Å². The molecule has 1 atom stereocenters. The number of nitrogens with one attached hydrogen (secondary N) is 1. The zero-order chi connectivity index (χ0) is 29.2. The number of amides is 2. The molecule has 214 valence electrons. The van der Waals surface area contributed by atoms with Gasteiger partial charge in [0.05, 0.1) is 29.5 Å². The predicted octanol–water partition coefficient (Wildman–Crippen LogP) is 4.64. The summed E-state index contributed by atoms with van der Waals surface area (Å²) in [6, 6.07) is 14.0. The first kappa shape index (κ1) is 29.7. The predicted molar refractivity (Wildman–Crippen MR) is 163 cm³/mol. The number of nitrogens with zero attached hydrogens (tertiary/aromatic N) is 4. The third-order valence-corrected chi connectivity index (χ3v) is 8.44. The number of fused-ring (bicyclic) bond motifs is 1. The van der Waals surface area contributed by atoms with Crippen LogP contribution in [0.1, 0.15) is 54.0 Å². The van der Waals surface area contributed by atoms with Crippen LogP contribution in [-0.4, -0.2) is 73.1 Å². The maximum Gasteiger partial charge on any atom is 0.240 e. The van der Waals surface area contributed by atoms with E-state index in [2.05, 4.69) is 52.1 Å². The fourth-order valence-corrected chi connectivity index (χ4v) is 6.18. The number of methoxy groups -OCH3 is 1. The lowest BCUT2D eigenvalue weighted by Crippen LogP contribution is -2.43. The average molecular weight is 564 g/mol. The van der Waals surface area contributed by atoms with Crippen LogP contribution in [0.3, 0.4) is 0 Å². The number of carbonyl (C=O) groups is 2. The molecule has 8 nitrogen and oxygen atoms in total. The van der Waals surface area contributed by atoms with Gasteiger partial charge >= 0.3 is 0 Å². The van der Waals surface area contributed by atoms with E-state index < -0.39 is 0 Å². The quantitative estimate of drug-likeness (QED) is 0.430. The number of aromatic nitrogens is 2. The highest BCUT2D eigenvalue weighted by atomic mass is 32.2. The summed E-state index contributed by atoms with van der Waals surface area (Å²) in [5.74, 6) is 1.30. The van der Waals surface area contributed by atoms with Crippen LogP contribution in [0.4, 0.5) is 5.82 Å². The second-order valence-electron chi connectivity index (χ2n) is 11.5. The number of ether oxygens (including phenoxy) is 1. The van der Waals surface area contributed by atoms with Crippen LogP contribution in [0.25, 0.3) is 5.69 Å². The van der Waals surface area contributed by atoms with Crippen LogP contribution in [-0.2, 0) is 15.0 Å². The Morgan fingerprint density at radius 1 is 1.15 bits per heavy atom. The maximum atomic E-state index is 13.9. The Kier molecular flexibility index (Phi) is 8.95. The first-order chi connectivity index (χ1) is 18.9. The highest BCUT2D eigenvalue weighted by Gasteiger charge is 2.40. The zero-order valence-electron chi connectivity index (χ0n) is 24.9. The number of aryl methyl sites for hydroxylation is 1. The number of rotatable bonds is 8. The molecule has 2 heterocycles. The molecule has 0 saturated carbocycles. The highest BCUT2D eigenvalue weighted by molar-refractivity contribution is 8.00. The van der Waals surface area contributed by atoms with Crippen LogP contribution in [0.15, 0.2) is 42.5 Å². The van der Waals surface area contributed by atoms with E-state index in [0.29, 0.717) is 18.9 Å². The number of carbonyl (C=O) groups excluding carboxylic acids is 2. The molecule has 0 spiro atoms. The van der Waals surface area contributed by atoms with Crippen molar-refractivity contribution in [2.75, 3.05) is 51.5 Å². The largest absolute Gasteiger partial charge is 0.496 e. The molecule has 9 heteroatoms. The SMILES string of the molecule is COc1ccccc1C1SCC(=O)N(CC(=O)NCCN(C)C)c2c1c(C(C)(C)C)nn2-c1cccc(C)c1C. The lowest BCUT2D eigenvalue weighted by Gasteiger charge is -2.25. The number of anilines is 1. The maximum absolute atomic E-state index is 13.9. The monoisotopic (exact) mass is 563 g/mol. The van der Waals surface area contributed by atoms with Crippen molar-refractivity contribution in [1.82, 2.24) is 20.0 Å². The lowest BCUT2D eigenvalue weighted by molar-refractivity contribution is -0.122. The van der Waals surface area contributed by atoms with Gasteiger partial charge in [0.1, 0.15) is 18.1 Å². The van der Waals surface area contributed by atoms with Crippen molar-refractivity contribution in [3.8, 4) is 11.4 Å². The molecule has 0 bridgehead atoms. The number of likely N-dealkylation sites (N-methyl/N-ethyl adjacent to an activating group) is 1. The molecule has 1 aromatic heterocycles. The zero-order valence-corrected chi connectivity index (χ0v) is 25.7. The minimum absolute atomic E-state index is 0.0847. The van der Waals surface area contributed by atoms with Crippen molar-refractivity contribution in [2.24, 2.45) is 0 Å². The van der Waals surface area contributed by atoms with Crippen molar-refractivity contribution < 1.29 is 14.3 Å². The van der Waals surface area contributed by atoms with Gasteiger partial charge in [0.2, 0.25) is 11.8 Å². The number of para-hydroxylation sites is 1. The Morgan fingerprint density at radius 3 is 2.55 bits per heavy atom.